The Morgan fingerprint density at radius 2 is 1.92 bits per heavy atom. The molecule has 0 saturated carbocycles. The van der Waals surface area contributed by atoms with E-state index >= 15 is 0 Å². The largest absolute Gasteiger partial charge is 0.396 e. The van der Waals surface area contributed by atoms with Gasteiger partial charge >= 0.3 is 0 Å². The van der Waals surface area contributed by atoms with Gasteiger partial charge in [-0.15, -0.1) is 0 Å². The summed E-state index contributed by atoms with van der Waals surface area (Å²) < 4.78 is 0. The minimum Gasteiger partial charge on any atom is -0.396 e. The number of likely N-dealkylation sites (tertiary alicyclic amines) is 1. The van der Waals surface area contributed by atoms with Crippen LogP contribution in [0.1, 0.15) is 15.9 Å². The van der Waals surface area contributed by atoms with Crippen LogP contribution in [-0.4, -0.2) is 86.2 Å². The molecule has 140 valence electrons. The number of benzene rings is 1. The molecule has 1 aliphatic rings. The van der Waals surface area contributed by atoms with Crippen molar-refractivity contribution in [3.05, 3.63) is 34.3 Å². The molecule has 0 radical (unpaired) electrons. The number of hydrogen-bond acceptors (Lipinski definition) is 4. The maximum Gasteiger partial charge on any atom is 0.253 e. The van der Waals surface area contributed by atoms with Crippen LogP contribution in [0.2, 0.25) is 5.02 Å². The predicted molar refractivity (Wildman–Crippen MR) is 102 cm³/mol. The third-order valence-corrected chi connectivity index (χ3v) is 5.40. The summed E-state index contributed by atoms with van der Waals surface area (Å²) in [5.74, 6) is 0.424. The van der Waals surface area contributed by atoms with Gasteiger partial charge in [-0.05, 0) is 51.7 Å². The highest BCUT2D eigenvalue weighted by Crippen LogP contribution is 2.26. The number of carbonyl (C=O) groups is 1. The summed E-state index contributed by atoms with van der Waals surface area (Å²) >= 11 is 6.16. The number of likely N-dealkylation sites (N-methyl/N-ethyl adjacent to an activating group) is 2. The lowest BCUT2D eigenvalue weighted by Crippen LogP contribution is -2.35. The molecule has 0 bridgehead atoms. The number of aliphatic hydroxyl groups is 1. The van der Waals surface area contributed by atoms with E-state index in [1.54, 1.807) is 6.07 Å². The lowest BCUT2D eigenvalue weighted by atomic mass is 9.96. The van der Waals surface area contributed by atoms with Gasteiger partial charge in [-0.1, -0.05) is 17.7 Å². The van der Waals surface area contributed by atoms with E-state index in [0.717, 1.165) is 25.2 Å². The van der Waals surface area contributed by atoms with Crippen LogP contribution in [0.25, 0.3) is 0 Å². The first-order valence-corrected chi connectivity index (χ1v) is 9.19. The predicted octanol–water partition coefficient (Wildman–Crippen LogP) is 1.82. The van der Waals surface area contributed by atoms with Crippen molar-refractivity contribution in [2.75, 3.05) is 60.5 Å². The van der Waals surface area contributed by atoms with Gasteiger partial charge in [-0.25, -0.2) is 0 Å². The van der Waals surface area contributed by atoms with Crippen molar-refractivity contribution < 1.29 is 9.90 Å². The maximum absolute atomic E-state index is 12.8. The monoisotopic (exact) mass is 367 g/mol. The first-order valence-electron chi connectivity index (χ1n) is 8.81. The zero-order valence-electron chi connectivity index (χ0n) is 15.7. The fraction of sp³-hybridized carbons (Fsp3) is 0.632. The van der Waals surface area contributed by atoms with E-state index in [2.05, 4.69) is 30.9 Å². The fourth-order valence-electron chi connectivity index (χ4n) is 3.29. The van der Waals surface area contributed by atoms with Gasteiger partial charge in [0, 0.05) is 55.8 Å². The molecule has 5 nitrogen and oxygen atoms in total. The van der Waals surface area contributed by atoms with Crippen molar-refractivity contribution in [1.82, 2.24) is 14.7 Å². The molecule has 25 heavy (non-hydrogen) atoms. The van der Waals surface area contributed by atoms with Crippen molar-refractivity contribution in [1.29, 1.82) is 0 Å². The van der Waals surface area contributed by atoms with Crippen LogP contribution in [0.3, 0.4) is 0 Å². The third-order valence-electron chi connectivity index (χ3n) is 4.99. The van der Waals surface area contributed by atoms with Crippen LogP contribution in [-0.2, 0) is 0 Å². The van der Waals surface area contributed by atoms with E-state index in [1.807, 2.05) is 24.0 Å². The minimum atomic E-state index is -0.00112. The second-order valence-electron chi connectivity index (χ2n) is 7.44. The molecule has 1 saturated heterocycles. The Bertz CT molecular complexity index is 594. The Morgan fingerprint density at radius 1 is 1.24 bits per heavy atom. The Hall–Kier alpha value is -1.14. The average molecular weight is 368 g/mol. The first-order chi connectivity index (χ1) is 11.8. The standard InChI is InChI=1S/C19H30ClN3O2/c1-14-5-6-15(9-18(14)20)19(25)23-11-16(17(12-23)13-24)10-22(4)8-7-21(2)3/h5-6,9,16-17,24H,7-8,10-13H2,1-4H3/t16-,17-/m1/s1. The molecule has 2 rings (SSSR count). The molecule has 0 spiro atoms. The number of halogens is 1. The van der Waals surface area contributed by atoms with E-state index in [0.29, 0.717) is 29.6 Å². The van der Waals surface area contributed by atoms with E-state index in [-0.39, 0.29) is 18.4 Å². The fourth-order valence-corrected chi connectivity index (χ4v) is 3.47. The van der Waals surface area contributed by atoms with E-state index in [9.17, 15) is 9.90 Å². The molecule has 0 aliphatic carbocycles. The summed E-state index contributed by atoms with van der Waals surface area (Å²) in [5.41, 5.74) is 1.59. The van der Waals surface area contributed by atoms with Gasteiger partial charge in [0.05, 0.1) is 0 Å². The summed E-state index contributed by atoms with van der Waals surface area (Å²) in [6.07, 6.45) is 0. The quantitative estimate of drug-likeness (QED) is 0.798. The highest BCUT2D eigenvalue weighted by molar-refractivity contribution is 6.31. The van der Waals surface area contributed by atoms with Crippen molar-refractivity contribution in [3.8, 4) is 0 Å². The lowest BCUT2D eigenvalue weighted by Gasteiger charge is -2.25. The van der Waals surface area contributed by atoms with Crippen LogP contribution in [0.4, 0.5) is 0 Å². The van der Waals surface area contributed by atoms with E-state index in [1.165, 1.54) is 0 Å². The SMILES string of the molecule is Cc1ccc(C(=O)N2C[C@@H](CN(C)CCN(C)C)[C@@H](CO)C2)cc1Cl. The molecule has 0 unspecified atom stereocenters. The van der Waals surface area contributed by atoms with Crippen LogP contribution in [0.5, 0.6) is 0 Å². The second-order valence-corrected chi connectivity index (χ2v) is 7.85. The van der Waals surface area contributed by atoms with Gasteiger partial charge in [-0.2, -0.15) is 0 Å². The van der Waals surface area contributed by atoms with Gasteiger partial charge in [0.25, 0.3) is 5.91 Å². The van der Waals surface area contributed by atoms with E-state index in [4.69, 9.17) is 11.6 Å². The zero-order chi connectivity index (χ0) is 18.6. The molecule has 1 aromatic carbocycles. The summed E-state index contributed by atoms with van der Waals surface area (Å²) in [4.78, 5) is 19.1. The average Bonchev–Trinajstić information content (AvgIpc) is 2.97. The van der Waals surface area contributed by atoms with Crippen LogP contribution >= 0.6 is 11.6 Å². The highest BCUT2D eigenvalue weighted by atomic mass is 35.5. The Morgan fingerprint density at radius 3 is 2.52 bits per heavy atom. The number of rotatable bonds is 7. The van der Waals surface area contributed by atoms with Gasteiger partial charge < -0.3 is 19.8 Å². The van der Waals surface area contributed by atoms with Crippen molar-refractivity contribution in [3.63, 3.8) is 0 Å². The number of hydrogen-bond donors (Lipinski definition) is 1. The topological polar surface area (TPSA) is 47.0 Å². The van der Waals surface area contributed by atoms with Crippen molar-refractivity contribution in [2.45, 2.75) is 6.92 Å². The smallest absolute Gasteiger partial charge is 0.253 e. The molecule has 6 heteroatoms. The van der Waals surface area contributed by atoms with Crippen molar-refractivity contribution in [2.24, 2.45) is 11.8 Å². The molecule has 1 aliphatic heterocycles. The maximum atomic E-state index is 12.8. The molecule has 1 heterocycles. The number of nitrogens with zero attached hydrogens (tertiary/aromatic N) is 3. The van der Waals surface area contributed by atoms with Crippen molar-refractivity contribution >= 4 is 17.5 Å². The van der Waals surface area contributed by atoms with E-state index < -0.39 is 0 Å². The molecule has 0 aromatic heterocycles. The third kappa shape index (κ3) is 5.42. The summed E-state index contributed by atoms with van der Waals surface area (Å²) in [5, 5.41) is 10.3. The summed E-state index contributed by atoms with van der Waals surface area (Å²) in [7, 11) is 6.22. The first kappa shape index (κ1) is 20.2. The normalized spacial score (nSPS) is 20.7. The van der Waals surface area contributed by atoms with Gasteiger partial charge in [0.2, 0.25) is 0 Å². The Labute approximate surface area is 156 Å². The van der Waals surface area contributed by atoms with Gasteiger partial charge in [-0.3, -0.25) is 4.79 Å². The molecule has 1 aromatic rings. The molecular formula is C19H30ClN3O2. The number of amides is 1. The number of carbonyl (C=O) groups excluding carboxylic acids is 1. The summed E-state index contributed by atoms with van der Waals surface area (Å²) in [6.45, 7) is 6.19. The van der Waals surface area contributed by atoms with Crippen LogP contribution in [0, 0.1) is 18.8 Å². The molecular weight excluding hydrogens is 338 g/mol. The number of aryl methyl sites for hydroxylation is 1. The molecule has 1 amide bonds. The van der Waals surface area contributed by atoms with Crippen LogP contribution < -0.4 is 0 Å². The summed E-state index contributed by atoms with van der Waals surface area (Å²) in [6, 6.07) is 5.44. The molecule has 1 fully saturated rings. The van der Waals surface area contributed by atoms with Gasteiger partial charge in [0.15, 0.2) is 0 Å². The van der Waals surface area contributed by atoms with Gasteiger partial charge in [0.1, 0.15) is 0 Å². The Balaban J connectivity index is 1.99. The Kier molecular flexibility index (Phi) is 7.25. The number of aliphatic hydroxyl groups excluding tert-OH is 1. The molecule has 1 N–H and O–H groups in total. The minimum absolute atomic E-state index is 0.00112. The lowest BCUT2D eigenvalue weighted by molar-refractivity contribution is 0.0779. The zero-order valence-corrected chi connectivity index (χ0v) is 16.5. The molecule has 2 atom stereocenters. The van der Waals surface area contributed by atoms with Crippen LogP contribution in [0.15, 0.2) is 18.2 Å². The second kappa shape index (κ2) is 8.99. The highest BCUT2D eigenvalue weighted by Gasteiger charge is 2.35.